The van der Waals surface area contributed by atoms with Gasteiger partial charge in [0.1, 0.15) is 17.9 Å². The number of imidazole rings is 1. The molecule has 0 unspecified atom stereocenters. The van der Waals surface area contributed by atoms with Gasteiger partial charge in [-0.25, -0.2) is 19.3 Å². The minimum atomic E-state index is -0.338. The molecule has 4 aromatic rings. The lowest BCUT2D eigenvalue weighted by molar-refractivity contribution is 0.403. The fraction of sp³-hybridized carbons (Fsp3) is 0.150. The molecule has 0 aliphatic carbocycles. The van der Waals surface area contributed by atoms with E-state index in [1.807, 2.05) is 22.8 Å². The summed E-state index contributed by atoms with van der Waals surface area (Å²) in [6.07, 6.45) is 2.22. The van der Waals surface area contributed by atoms with Crippen LogP contribution in [0.4, 0.5) is 10.2 Å². The molecule has 2 aromatic carbocycles. The molecular weight excluding hydrogens is 377 g/mol. The third kappa shape index (κ3) is 3.63. The average Bonchev–Trinajstić information content (AvgIpc) is 3.06. The Hall–Kier alpha value is -3.13. The molecule has 8 heteroatoms. The molecular formula is C20H18FN5OS. The number of anilines is 1. The average molecular weight is 395 g/mol. The molecule has 6 nitrogen and oxygen atoms in total. The van der Waals surface area contributed by atoms with Gasteiger partial charge >= 0.3 is 0 Å². The SMILES string of the molecule is COc1ccc(F)cc1Sc1nc2c(N)ncnc2n1CCc1ccccc1. The Balaban J connectivity index is 1.75. The van der Waals surface area contributed by atoms with E-state index in [-0.39, 0.29) is 5.82 Å². The molecule has 2 heterocycles. The van der Waals surface area contributed by atoms with E-state index in [1.165, 1.54) is 35.8 Å². The molecule has 142 valence electrons. The maximum Gasteiger partial charge on any atom is 0.175 e. The first-order valence-electron chi connectivity index (χ1n) is 8.67. The van der Waals surface area contributed by atoms with Crippen LogP contribution in [0.3, 0.4) is 0 Å². The molecule has 0 fully saturated rings. The molecule has 2 N–H and O–H groups in total. The second-order valence-corrected chi connectivity index (χ2v) is 7.12. The summed E-state index contributed by atoms with van der Waals surface area (Å²) in [6, 6.07) is 14.5. The van der Waals surface area contributed by atoms with Crippen molar-refractivity contribution in [3.05, 3.63) is 66.2 Å². The summed E-state index contributed by atoms with van der Waals surface area (Å²) >= 11 is 1.31. The van der Waals surface area contributed by atoms with Crippen LogP contribution in [0.2, 0.25) is 0 Å². The van der Waals surface area contributed by atoms with Gasteiger partial charge in [-0.2, -0.15) is 0 Å². The van der Waals surface area contributed by atoms with Gasteiger partial charge in [0.25, 0.3) is 0 Å². The molecule has 0 radical (unpaired) electrons. The fourth-order valence-electron chi connectivity index (χ4n) is 2.93. The highest BCUT2D eigenvalue weighted by molar-refractivity contribution is 7.99. The number of methoxy groups -OCH3 is 1. The highest BCUT2D eigenvalue weighted by Crippen LogP contribution is 2.36. The number of aromatic nitrogens is 4. The molecule has 0 saturated carbocycles. The van der Waals surface area contributed by atoms with Crippen LogP contribution in [0.15, 0.2) is 64.9 Å². The van der Waals surface area contributed by atoms with E-state index in [4.69, 9.17) is 10.5 Å². The Labute approximate surface area is 165 Å². The number of rotatable bonds is 6. The van der Waals surface area contributed by atoms with E-state index in [0.29, 0.717) is 39.3 Å². The lowest BCUT2D eigenvalue weighted by atomic mass is 10.1. The Morgan fingerprint density at radius 2 is 1.96 bits per heavy atom. The number of benzene rings is 2. The van der Waals surface area contributed by atoms with Gasteiger partial charge in [-0.1, -0.05) is 30.3 Å². The Morgan fingerprint density at radius 3 is 2.75 bits per heavy atom. The number of fused-ring (bicyclic) bond motifs is 1. The number of aryl methyl sites for hydroxylation is 2. The van der Waals surface area contributed by atoms with E-state index < -0.39 is 0 Å². The smallest absolute Gasteiger partial charge is 0.175 e. The van der Waals surface area contributed by atoms with Gasteiger partial charge in [-0.15, -0.1) is 0 Å². The van der Waals surface area contributed by atoms with Crippen molar-refractivity contribution in [2.24, 2.45) is 0 Å². The predicted molar refractivity (Wildman–Crippen MR) is 107 cm³/mol. The van der Waals surface area contributed by atoms with Crippen molar-refractivity contribution in [2.75, 3.05) is 12.8 Å². The van der Waals surface area contributed by atoms with Gasteiger partial charge < -0.3 is 15.0 Å². The molecule has 0 amide bonds. The van der Waals surface area contributed by atoms with Crippen LogP contribution in [0.25, 0.3) is 11.2 Å². The minimum absolute atomic E-state index is 0.316. The molecule has 4 rings (SSSR count). The van der Waals surface area contributed by atoms with Crippen molar-refractivity contribution >= 4 is 28.7 Å². The Morgan fingerprint density at radius 1 is 1.14 bits per heavy atom. The first-order chi connectivity index (χ1) is 13.7. The molecule has 28 heavy (non-hydrogen) atoms. The van der Waals surface area contributed by atoms with E-state index >= 15 is 0 Å². The van der Waals surface area contributed by atoms with Crippen molar-refractivity contribution in [1.82, 2.24) is 19.5 Å². The lowest BCUT2D eigenvalue weighted by Gasteiger charge is -2.10. The number of hydrogen-bond donors (Lipinski definition) is 1. The number of nitrogens with zero attached hydrogens (tertiary/aromatic N) is 4. The molecule has 0 bridgehead atoms. The molecule has 0 atom stereocenters. The zero-order valence-electron chi connectivity index (χ0n) is 15.2. The number of halogens is 1. The van der Waals surface area contributed by atoms with Gasteiger partial charge in [0.15, 0.2) is 22.1 Å². The van der Waals surface area contributed by atoms with Crippen LogP contribution in [0, 0.1) is 5.82 Å². The molecule has 2 aromatic heterocycles. The summed E-state index contributed by atoms with van der Waals surface area (Å²) < 4.78 is 21.1. The summed E-state index contributed by atoms with van der Waals surface area (Å²) in [6.45, 7) is 0.650. The monoisotopic (exact) mass is 395 g/mol. The first kappa shape index (κ1) is 18.2. The summed E-state index contributed by atoms with van der Waals surface area (Å²) in [7, 11) is 1.55. The van der Waals surface area contributed by atoms with Crippen LogP contribution in [0.1, 0.15) is 5.56 Å². The van der Waals surface area contributed by atoms with Gasteiger partial charge in [0, 0.05) is 6.54 Å². The van der Waals surface area contributed by atoms with Crippen molar-refractivity contribution < 1.29 is 9.13 Å². The summed E-state index contributed by atoms with van der Waals surface area (Å²) in [5, 5.41) is 0.655. The second-order valence-electron chi connectivity index (χ2n) is 6.11. The highest BCUT2D eigenvalue weighted by Gasteiger charge is 2.18. The summed E-state index contributed by atoms with van der Waals surface area (Å²) in [5.74, 6) is 0.554. The van der Waals surface area contributed by atoms with Crippen LogP contribution in [0.5, 0.6) is 5.75 Å². The predicted octanol–water partition coefficient (Wildman–Crippen LogP) is 3.95. The summed E-state index contributed by atoms with van der Waals surface area (Å²) in [4.78, 5) is 13.7. The van der Waals surface area contributed by atoms with Crippen molar-refractivity contribution in [3.8, 4) is 5.75 Å². The van der Waals surface area contributed by atoms with Gasteiger partial charge in [-0.05, 0) is 41.9 Å². The van der Waals surface area contributed by atoms with Crippen LogP contribution in [-0.2, 0) is 13.0 Å². The normalized spacial score (nSPS) is 11.1. The van der Waals surface area contributed by atoms with Crippen molar-refractivity contribution in [3.63, 3.8) is 0 Å². The molecule has 0 aliphatic rings. The van der Waals surface area contributed by atoms with Gasteiger partial charge in [-0.3, -0.25) is 0 Å². The summed E-state index contributed by atoms with van der Waals surface area (Å²) in [5.41, 5.74) is 8.39. The highest BCUT2D eigenvalue weighted by atomic mass is 32.2. The quantitative estimate of drug-likeness (QED) is 0.533. The topological polar surface area (TPSA) is 78.8 Å². The fourth-order valence-corrected chi connectivity index (χ4v) is 3.97. The van der Waals surface area contributed by atoms with Crippen molar-refractivity contribution in [2.45, 2.75) is 23.0 Å². The van der Waals surface area contributed by atoms with E-state index in [1.54, 1.807) is 13.2 Å². The standard InChI is InChI=1S/C20H18FN5OS/c1-27-15-8-7-14(21)11-16(15)28-20-25-17-18(22)23-12-24-19(17)26(20)10-9-13-5-3-2-4-6-13/h2-8,11-12H,9-10H2,1H3,(H2,22,23,24). The third-order valence-corrected chi connectivity index (χ3v) is 5.35. The zero-order valence-corrected chi connectivity index (χ0v) is 16.0. The zero-order chi connectivity index (χ0) is 19.5. The number of hydrogen-bond acceptors (Lipinski definition) is 6. The first-order valence-corrected chi connectivity index (χ1v) is 9.49. The van der Waals surface area contributed by atoms with Gasteiger partial charge in [0.05, 0.1) is 12.0 Å². The number of nitrogen functional groups attached to an aromatic ring is 1. The molecule has 0 spiro atoms. The van der Waals surface area contributed by atoms with Crippen molar-refractivity contribution in [1.29, 1.82) is 0 Å². The molecule has 0 saturated heterocycles. The number of nitrogens with two attached hydrogens (primary N) is 1. The maximum atomic E-state index is 13.8. The van der Waals surface area contributed by atoms with E-state index in [9.17, 15) is 4.39 Å². The van der Waals surface area contributed by atoms with E-state index in [2.05, 4.69) is 27.1 Å². The minimum Gasteiger partial charge on any atom is -0.496 e. The molecule has 0 aliphatic heterocycles. The third-order valence-electron chi connectivity index (χ3n) is 4.32. The maximum absolute atomic E-state index is 13.8. The van der Waals surface area contributed by atoms with Crippen LogP contribution in [-0.4, -0.2) is 26.6 Å². The second kappa shape index (κ2) is 7.85. The van der Waals surface area contributed by atoms with Crippen LogP contribution >= 0.6 is 11.8 Å². The Bertz CT molecular complexity index is 1120. The van der Waals surface area contributed by atoms with Gasteiger partial charge in [0.2, 0.25) is 0 Å². The van der Waals surface area contributed by atoms with Crippen LogP contribution < -0.4 is 10.5 Å². The largest absolute Gasteiger partial charge is 0.496 e. The van der Waals surface area contributed by atoms with E-state index in [0.717, 1.165) is 6.42 Å². The lowest BCUT2D eigenvalue weighted by Crippen LogP contribution is -2.04. The Kier molecular flexibility index (Phi) is 5.12. The number of ether oxygens (including phenoxy) is 1.